The minimum Gasteiger partial charge on any atom is -0.289 e. The summed E-state index contributed by atoms with van der Waals surface area (Å²) in [7, 11) is 0. The topological polar surface area (TPSA) is 29.4 Å². The number of fused-ring (bicyclic) bond motifs is 1. The number of carbonyl (C=O) groups excluding carboxylic acids is 1. The highest BCUT2D eigenvalue weighted by atomic mass is 79.9. The smallest absolute Gasteiger partial charge is 0.189 e. The molecule has 1 aliphatic carbocycles. The van der Waals surface area contributed by atoms with Crippen molar-refractivity contribution >= 4 is 27.4 Å². The largest absolute Gasteiger partial charge is 0.289 e. The Morgan fingerprint density at radius 2 is 2.25 bits per heavy atom. The van der Waals surface area contributed by atoms with Gasteiger partial charge in [0.15, 0.2) is 5.78 Å². The van der Waals surface area contributed by atoms with Crippen molar-refractivity contribution < 1.29 is 4.79 Å². The quantitative estimate of drug-likeness (QED) is 0.576. The molecule has 1 aliphatic heterocycles. The van der Waals surface area contributed by atoms with Crippen LogP contribution in [0.1, 0.15) is 0 Å². The van der Waals surface area contributed by atoms with Crippen LogP contribution in [0, 0.1) is 0 Å². The van der Waals surface area contributed by atoms with Crippen molar-refractivity contribution in [1.29, 1.82) is 0 Å². The lowest BCUT2D eigenvalue weighted by Gasteiger charge is -2.13. The van der Waals surface area contributed by atoms with Crippen molar-refractivity contribution in [3.8, 4) is 0 Å². The second kappa shape index (κ2) is 2.83. The molecule has 0 aromatic rings. The molecule has 0 radical (unpaired) electrons. The van der Waals surface area contributed by atoms with Crippen LogP contribution < -0.4 is 0 Å². The Kier molecular flexibility index (Phi) is 1.81. The Hall–Kier alpha value is -0.960. The van der Waals surface area contributed by atoms with Crippen LogP contribution in [-0.2, 0) is 4.79 Å². The third kappa shape index (κ3) is 1.20. The summed E-state index contributed by atoms with van der Waals surface area (Å²) in [4.78, 5) is 15.5. The fourth-order valence-corrected chi connectivity index (χ4v) is 1.59. The van der Waals surface area contributed by atoms with E-state index in [0.29, 0.717) is 5.57 Å². The fraction of sp³-hybridized carbons (Fsp3) is 0.111. The number of hydrogen-bond acceptors (Lipinski definition) is 2. The van der Waals surface area contributed by atoms with Crippen molar-refractivity contribution in [2.75, 3.05) is 0 Å². The van der Waals surface area contributed by atoms with E-state index in [-0.39, 0.29) is 10.6 Å². The fourth-order valence-electron chi connectivity index (χ4n) is 1.17. The van der Waals surface area contributed by atoms with Crippen molar-refractivity contribution in [2.24, 2.45) is 4.99 Å². The van der Waals surface area contributed by atoms with Crippen molar-refractivity contribution in [3.05, 3.63) is 36.1 Å². The van der Waals surface area contributed by atoms with Crippen LogP contribution in [0.3, 0.4) is 0 Å². The average Bonchev–Trinajstić information content (AvgIpc) is 2.07. The molecule has 3 heteroatoms. The zero-order valence-electron chi connectivity index (χ0n) is 6.20. The summed E-state index contributed by atoms with van der Waals surface area (Å²) in [5.41, 5.74) is 1.46. The molecule has 0 N–H and O–H groups in total. The molecule has 2 nitrogen and oxygen atoms in total. The van der Waals surface area contributed by atoms with Gasteiger partial charge < -0.3 is 0 Å². The van der Waals surface area contributed by atoms with E-state index in [1.807, 2.05) is 18.2 Å². The van der Waals surface area contributed by atoms with Gasteiger partial charge in [0.05, 0.1) is 10.5 Å². The highest BCUT2D eigenvalue weighted by molar-refractivity contribution is 9.09. The van der Waals surface area contributed by atoms with Gasteiger partial charge in [0.25, 0.3) is 0 Å². The Balaban J connectivity index is 2.46. The van der Waals surface area contributed by atoms with Crippen LogP contribution in [0.4, 0.5) is 0 Å². The Morgan fingerprint density at radius 1 is 1.42 bits per heavy atom. The first-order valence-electron chi connectivity index (χ1n) is 3.60. The number of alkyl halides is 1. The molecule has 60 valence electrons. The molecule has 0 bridgehead atoms. The van der Waals surface area contributed by atoms with Crippen LogP contribution in [0.15, 0.2) is 41.1 Å². The first-order chi connectivity index (χ1) is 5.77. The third-order valence-corrected chi connectivity index (χ3v) is 2.31. The molecule has 0 aromatic carbocycles. The van der Waals surface area contributed by atoms with Crippen molar-refractivity contribution in [1.82, 2.24) is 0 Å². The second-order valence-electron chi connectivity index (χ2n) is 2.58. The van der Waals surface area contributed by atoms with E-state index in [4.69, 9.17) is 0 Å². The van der Waals surface area contributed by atoms with Gasteiger partial charge in [0, 0.05) is 17.8 Å². The molecular formula is C9H6BrNO. The van der Waals surface area contributed by atoms with Gasteiger partial charge in [0.2, 0.25) is 0 Å². The maximum absolute atomic E-state index is 11.3. The van der Waals surface area contributed by atoms with Crippen LogP contribution in [-0.4, -0.2) is 16.3 Å². The van der Waals surface area contributed by atoms with Crippen molar-refractivity contribution in [2.45, 2.75) is 4.83 Å². The maximum Gasteiger partial charge on any atom is 0.189 e. The number of ketones is 1. The molecule has 1 unspecified atom stereocenters. The average molecular weight is 224 g/mol. The molecule has 0 saturated carbocycles. The number of allylic oxidation sites excluding steroid dienone is 5. The molecule has 2 aliphatic rings. The number of halogens is 1. The van der Waals surface area contributed by atoms with Crippen LogP contribution in [0.5, 0.6) is 0 Å². The molecule has 0 saturated heterocycles. The predicted octanol–water partition coefficient (Wildman–Crippen LogP) is 1.78. The molecule has 12 heavy (non-hydrogen) atoms. The SMILES string of the molecule is O=C1C=CN=C2C=CC(Br)C=C12. The first kappa shape index (κ1) is 7.68. The standard InChI is InChI=1S/C9H6BrNO/c10-6-1-2-8-7(5-6)9(12)3-4-11-8/h1-6H. The Bertz CT molecular complexity index is 350. The summed E-state index contributed by atoms with van der Waals surface area (Å²) >= 11 is 3.38. The van der Waals surface area contributed by atoms with Crippen LogP contribution in [0.25, 0.3) is 0 Å². The third-order valence-electron chi connectivity index (χ3n) is 1.74. The monoisotopic (exact) mass is 223 g/mol. The van der Waals surface area contributed by atoms with E-state index in [2.05, 4.69) is 20.9 Å². The van der Waals surface area contributed by atoms with Gasteiger partial charge in [-0.2, -0.15) is 0 Å². The van der Waals surface area contributed by atoms with Gasteiger partial charge in [-0.15, -0.1) is 0 Å². The van der Waals surface area contributed by atoms with Gasteiger partial charge in [0.1, 0.15) is 0 Å². The van der Waals surface area contributed by atoms with E-state index in [0.717, 1.165) is 5.71 Å². The highest BCUT2D eigenvalue weighted by Gasteiger charge is 2.18. The zero-order valence-corrected chi connectivity index (χ0v) is 7.78. The Labute approximate surface area is 78.5 Å². The molecular weight excluding hydrogens is 218 g/mol. The lowest BCUT2D eigenvalue weighted by Crippen LogP contribution is -2.16. The summed E-state index contributed by atoms with van der Waals surface area (Å²) in [6.07, 6.45) is 8.69. The lowest BCUT2D eigenvalue weighted by atomic mass is 9.98. The molecule has 2 rings (SSSR count). The van der Waals surface area contributed by atoms with Gasteiger partial charge in [-0.25, -0.2) is 0 Å². The molecule has 1 atom stereocenters. The number of rotatable bonds is 0. The Morgan fingerprint density at radius 3 is 3.08 bits per heavy atom. The molecule has 0 amide bonds. The minimum atomic E-state index is 0.0359. The number of aliphatic imine (C=N–C) groups is 1. The van der Waals surface area contributed by atoms with Crippen LogP contribution in [0.2, 0.25) is 0 Å². The summed E-state index contributed by atoms with van der Waals surface area (Å²) in [6.45, 7) is 0. The second-order valence-corrected chi connectivity index (χ2v) is 3.64. The van der Waals surface area contributed by atoms with E-state index in [1.165, 1.54) is 12.3 Å². The summed E-state index contributed by atoms with van der Waals surface area (Å²) < 4.78 is 0. The number of carbonyl (C=O) groups is 1. The van der Waals surface area contributed by atoms with E-state index in [1.54, 1.807) is 0 Å². The van der Waals surface area contributed by atoms with Gasteiger partial charge in [-0.3, -0.25) is 9.79 Å². The molecule has 0 fully saturated rings. The zero-order chi connectivity index (χ0) is 8.55. The maximum atomic E-state index is 11.3. The lowest BCUT2D eigenvalue weighted by molar-refractivity contribution is -0.110. The predicted molar refractivity (Wildman–Crippen MR) is 51.5 cm³/mol. The van der Waals surface area contributed by atoms with Crippen molar-refractivity contribution in [3.63, 3.8) is 0 Å². The van der Waals surface area contributed by atoms with E-state index in [9.17, 15) is 4.79 Å². The molecule has 0 spiro atoms. The number of hydrogen-bond donors (Lipinski definition) is 0. The van der Waals surface area contributed by atoms with Crippen LogP contribution >= 0.6 is 15.9 Å². The minimum absolute atomic E-state index is 0.0359. The highest BCUT2D eigenvalue weighted by Crippen LogP contribution is 2.18. The van der Waals surface area contributed by atoms with Gasteiger partial charge in [-0.05, 0) is 6.08 Å². The first-order valence-corrected chi connectivity index (χ1v) is 4.52. The van der Waals surface area contributed by atoms with Gasteiger partial charge >= 0.3 is 0 Å². The van der Waals surface area contributed by atoms with E-state index >= 15 is 0 Å². The van der Waals surface area contributed by atoms with Gasteiger partial charge in [-0.1, -0.05) is 28.1 Å². The number of nitrogens with zero attached hydrogens (tertiary/aromatic N) is 1. The summed E-state index contributed by atoms with van der Waals surface area (Å²) in [5.74, 6) is 0.0359. The molecule has 0 aromatic heterocycles. The summed E-state index contributed by atoms with van der Waals surface area (Å²) in [5, 5.41) is 0. The van der Waals surface area contributed by atoms with E-state index < -0.39 is 0 Å². The summed E-state index contributed by atoms with van der Waals surface area (Å²) in [6, 6.07) is 0. The molecule has 1 heterocycles. The normalized spacial score (nSPS) is 26.4.